The summed E-state index contributed by atoms with van der Waals surface area (Å²) in [5, 5.41) is 2.91. The van der Waals surface area contributed by atoms with Crippen LogP contribution < -0.4 is 11.1 Å². The highest BCUT2D eigenvalue weighted by atomic mass is 16.1. The van der Waals surface area contributed by atoms with Crippen molar-refractivity contribution in [3.63, 3.8) is 0 Å². The van der Waals surface area contributed by atoms with Crippen LogP contribution in [0, 0.1) is 5.92 Å². The van der Waals surface area contributed by atoms with Gasteiger partial charge in [0.15, 0.2) is 0 Å². The molecule has 1 aliphatic rings. The van der Waals surface area contributed by atoms with Gasteiger partial charge >= 0.3 is 0 Å². The van der Waals surface area contributed by atoms with Crippen molar-refractivity contribution in [2.75, 3.05) is 6.54 Å². The van der Waals surface area contributed by atoms with Gasteiger partial charge in [0, 0.05) is 18.5 Å². The fourth-order valence-corrected chi connectivity index (χ4v) is 1.75. The van der Waals surface area contributed by atoms with Crippen LogP contribution >= 0.6 is 0 Å². The largest absolute Gasteiger partial charge is 0.352 e. The Kier molecular flexibility index (Phi) is 4.14. The summed E-state index contributed by atoms with van der Waals surface area (Å²) in [7, 11) is 0. The Hall–Kier alpha value is -0.830. The van der Waals surface area contributed by atoms with E-state index < -0.39 is 0 Å². The third kappa shape index (κ3) is 3.50. The molecule has 0 aliphatic heterocycles. The summed E-state index contributed by atoms with van der Waals surface area (Å²) in [5.74, 6) is 0.311. The smallest absolute Gasteiger partial charge is 0.223 e. The van der Waals surface area contributed by atoms with Crippen LogP contribution in [0.5, 0.6) is 0 Å². The molecule has 1 saturated carbocycles. The van der Waals surface area contributed by atoms with Gasteiger partial charge in [-0.1, -0.05) is 11.6 Å². The van der Waals surface area contributed by atoms with Crippen molar-refractivity contribution in [1.82, 2.24) is 5.32 Å². The molecule has 0 radical (unpaired) electrons. The fourth-order valence-electron chi connectivity index (χ4n) is 1.75. The van der Waals surface area contributed by atoms with Crippen molar-refractivity contribution in [2.45, 2.75) is 39.2 Å². The Balaban J connectivity index is 2.25. The molecule has 3 heteroatoms. The van der Waals surface area contributed by atoms with Gasteiger partial charge in [-0.15, -0.1) is 0 Å². The first kappa shape index (κ1) is 11.2. The maximum Gasteiger partial charge on any atom is 0.223 e. The topological polar surface area (TPSA) is 55.1 Å². The number of hydrogen-bond acceptors (Lipinski definition) is 2. The molecule has 80 valence electrons. The monoisotopic (exact) mass is 196 g/mol. The minimum atomic E-state index is 0.149. The normalized spacial score (nSPS) is 25.9. The molecule has 0 aromatic carbocycles. The molecule has 1 fully saturated rings. The van der Waals surface area contributed by atoms with Crippen LogP contribution in [-0.4, -0.2) is 18.5 Å². The zero-order chi connectivity index (χ0) is 10.6. The van der Waals surface area contributed by atoms with E-state index in [1.165, 1.54) is 5.57 Å². The fraction of sp³-hybridized carbons (Fsp3) is 0.727. The van der Waals surface area contributed by atoms with E-state index in [9.17, 15) is 4.79 Å². The zero-order valence-corrected chi connectivity index (χ0v) is 9.05. The van der Waals surface area contributed by atoms with Gasteiger partial charge in [0.2, 0.25) is 5.91 Å². The number of hydrogen-bond donors (Lipinski definition) is 2. The van der Waals surface area contributed by atoms with E-state index in [1.54, 1.807) is 0 Å². The van der Waals surface area contributed by atoms with Crippen molar-refractivity contribution < 1.29 is 4.79 Å². The molecular formula is C11H20N2O. The predicted molar refractivity (Wildman–Crippen MR) is 57.8 cm³/mol. The molecule has 2 unspecified atom stereocenters. The zero-order valence-electron chi connectivity index (χ0n) is 9.05. The first-order valence-corrected chi connectivity index (χ1v) is 5.26. The van der Waals surface area contributed by atoms with Crippen LogP contribution in [-0.2, 0) is 4.79 Å². The molecule has 0 bridgehead atoms. The average molecular weight is 196 g/mol. The number of nitrogens with two attached hydrogens (primary N) is 1. The molecule has 1 rings (SSSR count). The van der Waals surface area contributed by atoms with Gasteiger partial charge in [0.25, 0.3) is 0 Å². The SMILES string of the molecule is CC(C)=CCNC(=O)C1CCC(N)C1. The first-order valence-electron chi connectivity index (χ1n) is 5.26. The summed E-state index contributed by atoms with van der Waals surface area (Å²) in [6.07, 6.45) is 4.80. The number of allylic oxidation sites excluding steroid dienone is 1. The highest BCUT2D eigenvalue weighted by Gasteiger charge is 2.27. The lowest BCUT2D eigenvalue weighted by Gasteiger charge is -2.08. The summed E-state index contributed by atoms with van der Waals surface area (Å²) in [5.41, 5.74) is 6.98. The van der Waals surface area contributed by atoms with Gasteiger partial charge in [0.05, 0.1) is 0 Å². The number of carbonyl (C=O) groups excluding carboxylic acids is 1. The predicted octanol–water partition coefficient (Wildman–Crippen LogP) is 1.20. The van der Waals surface area contributed by atoms with Crippen molar-refractivity contribution in [3.05, 3.63) is 11.6 Å². The second kappa shape index (κ2) is 5.15. The Morgan fingerprint density at radius 2 is 2.21 bits per heavy atom. The van der Waals surface area contributed by atoms with Gasteiger partial charge in [-0.25, -0.2) is 0 Å². The van der Waals surface area contributed by atoms with Crippen molar-refractivity contribution in [2.24, 2.45) is 11.7 Å². The quantitative estimate of drug-likeness (QED) is 0.666. The Morgan fingerprint density at radius 1 is 1.50 bits per heavy atom. The van der Waals surface area contributed by atoms with Crippen LogP contribution in [0.15, 0.2) is 11.6 Å². The highest BCUT2D eigenvalue weighted by Crippen LogP contribution is 2.23. The summed E-state index contributed by atoms with van der Waals surface area (Å²) in [4.78, 5) is 11.6. The Morgan fingerprint density at radius 3 is 2.71 bits per heavy atom. The Labute approximate surface area is 85.7 Å². The molecule has 0 heterocycles. The van der Waals surface area contributed by atoms with Crippen molar-refractivity contribution >= 4 is 5.91 Å². The average Bonchev–Trinajstić information content (AvgIpc) is 2.51. The third-order valence-corrected chi connectivity index (χ3v) is 2.63. The van der Waals surface area contributed by atoms with E-state index in [1.807, 2.05) is 19.9 Å². The van der Waals surface area contributed by atoms with E-state index >= 15 is 0 Å². The molecule has 3 nitrogen and oxygen atoms in total. The van der Waals surface area contributed by atoms with E-state index in [4.69, 9.17) is 5.73 Å². The molecule has 1 aliphatic carbocycles. The summed E-state index contributed by atoms with van der Waals surface area (Å²) in [6, 6.07) is 0.231. The molecule has 0 aromatic rings. The van der Waals surface area contributed by atoms with Crippen LogP contribution in [0.4, 0.5) is 0 Å². The standard InChI is InChI=1S/C11H20N2O/c1-8(2)5-6-13-11(14)9-3-4-10(12)7-9/h5,9-10H,3-4,6-7,12H2,1-2H3,(H,13,14). The molecule has 1 amide bonds. The number of rotatable bonds is 3. The van der Waals surface area contributed by atoms with Gasteiger partial charge in [0.1, 0.15) is 0 Å². The van der Waals surface area contributed by atoms with Crippen LogP contribution in [0.1, 0.15) is 33.1 Å². The van der Waals surface area contributed by atoms with Gasteiger partial charge < -0.3 is 11.1 Å². The lowest BCUT2D eigenvalue weighted by Crippen LogP contribution is -2.30. The van der Waals surface area contributed by atoms with Crippen molar-refractivity contribution in [3.8, 4) is 0 Å². The molecule has 2 atom stereocenters. The van der Waals surface area contributed by atoms with Gasteiger partial charge in [-0.05, 0) is 33.1 Å². The van der Waals surface area contributed by atoms with Gasteiger partial charge in [-0.3, -0.25) is 4.79 Å². The second-order valence-electron chi connectivity index (χ2n) is 4.30. The van der Waals surface area contributed by atoms with E-state index in [0.29, 0.717) is 6.54 Å². The van der Waals surface area contributed by atoms with Crippen LogP contribution in [0.25, 0.3) is 0 Å². The van der Waals surface area contributed by atoms with Gasteiger partial charge in [-0.2, -0.15) is 0 Å². The van der Waals surface area contributed by atoms with E-state index in [2.05, 4.69) is 5.32 Å². The molecule has 0 aromatic heterocycles. The lowest BCUT2D eigenvalue weighted by atomic mass is 10.1. The third-order valence-electron chi connectivity index (χ3n) is 2.63. The molecule has 0 saturated heterocycles. The van der Waals surface area contributed by atoms with Crippen LogP contribution in [0.2, 0.25) is 0 Å². The molecular weight excluding hydrogens is 176 g/mol. The summed E-state index contributed by atoms with van der Waals surface area (Å²) < 4.78 is 0. The summed E-state index contributed by atoms with van der Waals surface area (Å²) in [6.45, 7) is 4.70. The maximum atomic E-state index is 11.6. The molecule has 3 N–H and O–H groups in total. The lowest BCUT2D eigenvalue weighted by molar-refractivity contribution is -0.124. The molecule has 14 heavy (non-hydrogen) atoms. The minimum absolute atomic E-state index is 0.149. The second-order valence-corrected chi connectivity index (χ2v) is 4.30. The summed E-state index contributed by atoms with van der Waals surface area (Å²) >= 11 is 0. The van der Waals surface area contributed by atoms with Crippen molar-refractivity contribution in [1.29, 1.82) is 0 Å². The Bertz CT molecular complexity index is 231. The van der Waals surface area contributed by atoms with Crippen LogP contribution in [0.3, 0.4) is 0 Å². The maximum absolute atomic E-state index is 11.6. The first-order chi connectivity index (χ1) is 6.59. The number of nitrogens with one attached hydrogen (secondary N) is 1. The van der Waals surface area contributed by atoms with E-state index in [-0.39, 0.29) is 17.9 Å². The number of carbonyl (C=O) groups is 1. The number of amides is 1. The molecule has 0 spiro atoms. The minimum Gasteiger partial charge on any atom is -0.352 e. The van der Waals surface area contributed by atoms with E-state index in [0.717, 1.165) is 19.3 Å². The highest BCUT2D eigenvalue weighted by molar-refractivity contribution is 5.79.